The fraction of sp³-hybridized carbons (Fsp3) is 0.190. The van der Waals surface area contributed by atoms with Crippen LogP contribution in [0.2, 0.25) is 0 Å². The lowest BCUT2D eigenvalue weighted by atomic mass is 10.3. The van der Waals surface area contributed by atoms with Gasteiger partial charge in [-0.1, -0.05) is 18.2 Å². The number of ether oxygens (including phenoxy) is 1. The first kappa shape index (κ1) is 19.2. The molecule has 3 N–H and O–H groups in total. The van der Waals surface area contributed by atoms with Gasteiger partial charge in [-0.3, -0.25) is 4.79 Å². The van der Waals surface area contributed by atoms with Crippen molar-refractivity contribution in [2.45, 2.75) is 13.3 Å². The Labute approximate surface area is 164 Å². The number of methoxy groups -OCH3 is 1. The van der Waals surface area contributed by atoms with Crippen molar-refractivity contribution in [2.75, 3.05) is 29.6 Å². The molecule has 28 heavy (non-hydrogen) atoms. The number of hydrogen-bond donors (Lipinski definition) is 3. The summed E-state index contributed by atoms with van der Waals surface area (Å²) in [6, 6.07) is 18.8. The molecule has 0 aliphatic heterocycles. The summed E-state index contributed by atoms with van der Waals surface area (Å²) in [5.41, 5.74) is 2.48. The van der Waals surface area contributed by atoms with Crippen LogP contribution in [0.1, 0.15) is 12.1 Å². The number of carbonyl (C=O) groups excluding carboxylic acids is 1. The van der Waals surface area contributed by atoms with Crippen molar-refractivity contribution < 1.29 is 9.53 Å². The molecule has 7 heteroatoms. The molecule has 3 rings (SSSR count). The SMILES string of the molecule is COc1ccc(NC(=O)CCNc2cc(C)nc(Nc3ccccc3)n2)cc1. The fourth-order valence-electron chi connectivity index (χ4n) is 2.57. The number of anilines is 4. The Hall–Kier alpha value is -3.61. The number of amides is 1. The van der Waals surface area contributed by atoms with Gasteiger partial charge in [0, 0.05) is 36.1 Å². The molecule has 0 atom stereocenters. The molecule has 0 fully saturated rings. The highest BCUT2D eigenvalue weighted by atomic mass is 16.5. The van der Waals surface area contributed by atoms with Crippen LogP contribution in [0.25, 0.3) is 0 Å². The van der Waals surface area contributed by atoms with Crippen molar-refractivity contribution in [3.63, 3.8) is 0 Å². The van der Waals surface area contributed by atoms with Gasteiger partial charge in [0.2, 0.25) is 11.9 Å². The number of rotatable bonds is 8. The highest BCUT2D eigenvalue weighted by Gasteiger charge is 2.05. The second kappa shape index (κ2) is 9.36. The largest absolute Gasteiger partial charge is 0.497 e. The van der Waals surface area contributed by atoms with Gasteiger partial charge in [-0.15, -0.1) is 0 Å². The van der Waals surface area contributed by atoms with E-state index in [-0.39, 0.29) is 5.91 Å². The number of carbonyl (C=O) groups is 1. The quantitative estimate of drug-likeness (QED) is 0.550. The van der Waals surface area contributed by atoms with Crippen molar-refractivity contribution in [2.24, 2.45) is 0 Å². The Morgan fingerprint density at radius 1 is 1.00 bits per heavy atom. The maximum Gasteiger partial charge on any atom is 0.229 e. The van der Waals surface area contributed by atoms with Gasteiger partial charge in [-0.25, -0.2) is 4.98 Å². The predicted molar refractivity (Wildman–Crippen MR) is 111 cm³/mol. The average Bonchev–Trinajstić information content (AvgIpc) is 2.69. The molecular weight excluding hydrogens is 354 g/mol. The molecule has 144 valence electrons. The van der Waals surface area contributed by atoms with Crippen molar-refractivity contribution in [3.05, 3.63) is 66.4 Å². The Morgan fingerprint density at radius 3 is 2.46 bits per heavy atom. The van der Waals surface area contributed by atoms with E-state index in [0.717, 1.165) is 22.8 Å². The molecule has 0 saturated carbocycles. The van der Waals surface area contributed by atoms with Gasteiger partial charge in [-0.05, 0) is 43.3 Å². The minimum Gasteiger partial charge on any atom is -0.497 e. The van der Waals surface area contributed by atoms with E-state index in [1.54, 1.807) is 31.4 Å². The number of hydrogen-bond acceptors (Lipinski definition) is 6. The molecule has 7 nitrogen and oxygen atoms in total. The number of nitrogens with zero attached hydrogens (tertiary/aromatic N) is 2. The molecule has 0 spiro atoms. The molecule has 0 bridgehead atoms. The lowest BCUT2D eigenvalue weighted by molar-refractivity contribution is -0.115. The van der Waals surface area contributed by atoms with Gasteiger partial charge in [0.05, 0.1) is 7.11 Å². The zero-order valence-corrected chi connectivity index (χ0v) is 15.9. The first-order valence-corrected chi connectivity index (χ1v) is 8.98. The van der Waals surface area contributed by atoms with E-state index in [1.165, 1.54) is 0 Å². The molecule has 0 saturated heterocycles. The monoisotopic (exact) mass is 377 g/mol. The zero-order chi connectivity index (χ0) is 19.8. The van der Waals surface area contributed by atoms with Gasteiger partial charge in [-0.2, -0.15) is 4.98 Å². The Kier molecular flexibility index (Phi) is 6.41. The second-order valence-corrected chi connectivity index (χ2v) is 6.16. The molecule has 0 aliphatic carbocycles. The van der Waals surface area contributed by atoms with Gasteiger partial charge in [0.15, 0.2) is 0 Å². The maximum absolute atomic E-state index is 12.1. The van der Waals surface area contributed by atoms with Crippen LogP contribution in [-0.2, 0) is 4.79 Å². The molecule has 0 unspecified atom stereocenters. The molecule has 0 radical (unpaired) electrons. The summed E-state index contributed by atoms with van der Waals surface area (Å²) in [4.78, 5) is 20.9. The molecule has 1 heterocycles. The normalized spacial score (nSPS) is 10.2. The van der Waals surface area contributed by atoms with Crippen molar-refractivity contribution >= 4 is 29.0 Å². The van der Waals surface area contributed by atoms with Crippen LogP contribution >= 0.6 is 0 Å². The summed E-state index contributed by atoms with van der Waals surface area (Å²) in [7, 11) is 1.61. The lowest BCUT2D eigenvalue weighted by Gasteiger charge is -2.10. The number of aryl methyl sites for hydroxylation is 1. The number of benzene rings is 2. The lowest BCUT2D eigenvalue weighted by Crippen LogP contribution is -2.16. The van der Waals surface area contributed by atoms with E-state index >= 15 is 0 Å². The Morgan fingerprint density at radius 2 is 1.75 bits per heavy atom. The number of para-hydroxylation sites is 1. The standard InChI is InChI=1S/C21H23N5O2/c1-15-14-19(26-21(23-15)25-16-6-4-3-5-7-16)22-13-12-20(27)24-17-8-10-18(28-2)11-9-17/h3-11,14H,12-13H2,1-2H3,(H,24,27)(H2,22,23,25,26). The maximum atomic E-state index is 12.1. The summed E-state index contributed by atoms with van der Waals surface area (Å²) in [6.07, 6.45) is 0.316. The average molecular weight is 377 g/mol. The van der Waals surface area contributed by atoms with E-state index < -0.39 is 0 Å². The highest BCUT2D eigenvalue weighted by Crippen LogP contribution is 2.16. The van der Waals surface area contributed by atoms with E-state index in [0.29, 0.717) is 24.7 Å². The number of aromatic nitrogens is 2. The van der Waals surface area contributed by atoms with Gasteiger partial charge < -0.3 is 20.7 Å². The third kappa shape index (κ3) is 5.70. The third-order valence-electron chi connectivity index (χ3n) is 3.92. The van der Waals surface area contributed by atoms with Crippen LogP contribution in [0, 0.1) is 6.92 Å². The van der Waals surface area contributed by atoms with Crippen LogP contribution in [-0.4, -0.2) is 29.5 Å². The van der Waals surface area contributed by atoms with Gasteiger partial charge in [0.25, 0.3) is 0 Å². The summed E-state index contributed by atoms with van der Waals surface area (Å²) < 4.78 is 5.10. The first-order chi connectivity index (χ1) is 13.6. The minimum atomic E-state index is -0.0777. The molecule has 0 aliphatic rings. The van der Waals surface area contributed by atoms with Crippen LogP contribution in [0.15, 0.2) is 60.7 Å². The Balaban J connectivity index is 1.51. The van der Waals surface area contributed by atoms with Crippen molar-refractivity contribution in [3.8, 4) is 5.75 Å². The summed E-state index contributed by atoms with van der Waals surface area (Å²) in [5, 5.41) is 9.20. The van der Waals surface area contributed by atoms with Crippen LogP contribution in [0.5, 0.6) is 5.75 Å². The van der Waals surface area contributed by atoms with E-state index in [1.807, 2.05) is 43.3 Å². The molecule has 3 aromatic rings. The Bertz CT molecular complexity index is 914. The summed E-state index contributed by atoms with van der Waals surface area (Å²) >= 11 is 0. The van der Waals surface area contributed by atoms with Gasteiger partial charge >= 0.3 is 0 Å². The van der Waals surface area contributed by atoms with E-state index in [4.69, 9.17) is 4.74 Å². The first-order valence-electron chi connectivity index (χ1n) is 8.98. The van der Waals surface area contributed by atoms with E-state index in [9.17, 15) is 4.79 Å². The van der Waals surface area contributed by atoms with Crippen molar-refractivity contribution in [1.82, 2.24) is 9.97 Å². The summed E-state index contributed by atoms with van der Waals surface area (Å²) in [6.45, 7) is 2.36. The second-order valence-electron chi connectivity index (χ2n) is 6.16. The highest BCUT2D eigenvalue weighted by molar-refractivity contribution is 5.91. The molecule has 2 aromatic carbocycles. The minimum absolute atomic E-state index is 0.0777. The molecule has 1 amide bonds. The van der Waals surface area contributed by atoms with Crippen LogP contribution < -0.4 is 20.7 Å². The summed E-state index contributed by atoms with van der Waals surface area (Å²) in [5.74, 6) is 1.85. The van der Waals surface area contributed by atoms with E-state index in [2.05, 4.69) is 25.9 Å². The third-order valence-corrected chi connectivity index (χ3v) is 3.92. The van der Waals surface area contributed by atoms with Crippen LogP contribution in [0.3, 0.4) is 0 Å². The van der Waals surface area contributed by atoms with Crippen LogP contribution in [0.4, 0.5) is 23.1 Å². The smallest absolute Gasteiger partial charge is 0.229 e. The topological polar surface area (TPSA) is 88.2 Å². The van der Waals surface area contributed by atoms with Crippen molar-refractivity contribution in [1.29, 1.82) is 0 Å². The number of nitrogens with one attached hydrogen (secondary N) is 3. The van der Waals surface area contributed by atoms with Gasteiger partial charge in [0.1, 0.15) is 11.6 Å². The zero-order valence-electron chi connectivity index (χ0n) is 15.9. The fourth-order valence-corrected chi connectivity index (χ4v) is 2.57. The molecule has 1 aromatic heterocycles. The predicted octanol–water partition coefficient (Wildman–Crippen LogP) is 3.98. The molecular formula is C21H23N5O2.